The van der Waals surface area contributed by atoms with Gasteiger partial charge in [-0.15, -0.1) is 0 Å². The van der Waals surface area contributed by atoms with Crippen molar-refractivity contribution in [1.82, 2.24) is 10.3 Å². The van der Waals surface area contributed by atoms with Gasteiger partial charge in [0.1, 0.15) is 5.82 Å². The molecule has 2 saturated heterocycles. The Kier molecular flexibility index (Phi) is 5.24. The smallest absolute Gasteiger partial charge is 0.225 e. The lowest BCUT2D eigenvalue weighted by molar-refractivity contribution is -0.116. The molecule has 0 aliphatic carbocycles. The first-order valence-electron chi connectivity index (χ1n) is 8.10. The molecule has 1 unspecified atom stereocenters. The van der Waals surface area contributed by atoms with E-state index in [-0.39, 0.29) is 5.91 Å². The van der Waals surface area contributed by atoms with Crippen LogP contribution in [0.4, 0.5) is 11.5 Å². The molecule has 1 aromatic rings. The predicted octanol–water partition coefficient (Wildman–Crippen LogP) is 1.25. The van der Waals surface area contributed by atoms with Gasteiger partial charge in [0.25, 0.3) is 0 Å². The molecule has 1 atom stereocenters. The van der Waals surface area contributed by atoms with Gasteiger partial charge in [0, 0.05) is 19.5 Å². The third-order valence-electron chi connectivity index (χ3n) is 4.33. The van der Waals surface area contributed by atoms with Crippen LogP contribution in [0.2, 0.25) is 0 Å². The topological polar surface area (TPSA) is 66.5 Å². The summed E-state index contributed by atoms with van der Waals surface area (Å²) in [6.07, 6.45) is 4.52. The fraction of sp³-hybridized carbons (Fsp3) is 0.625. The number of nitrogens with zero attached hydrogens (tertiary/aromatic N) is 2. The maximum absolute atomic E-state index is 12.0. The number of carbonyl (C=O) groups excluding carboxylic acids is 1. The van der Waals surface area contributed by atoms with Crippen LogP contribution >= 0.6 is 0 Å². The number of morpholine rings is 1. The fourth-order valence-electron chi connectivity index (χ4n) is 2.97. The van der Waals surface area contributed by atoms with E-state index >= 15 is 0 Å². The Bertz CT molecular complexity index is 479. The molecule has 0 aromatic carbocycles. The van der Waals surface area contributed by atoms with Crippen LogP contribution in [0.5, 0.6) is 0 Å². The van der Waals surface area contributed by atoms with Crippen molar-refractivity contribution in [2.24, 2.45) is 5.92 Å². The van der Waals surface area contributed by atoms with Crippen LogP contribution in [0.3, 0.4) is 0 Å². The van der Waals surface area contributed by atoms with Gasteiger partial charge in [-0.1, -0.05) is 0 Å². The SMILES string of the molecule is O=C(CCC1CCNC1)Nc1ccc(N2CCOCC2)cn1. The van der Waals surface area contributed by atoms with Gasteiger partial charge in [-0.3, -0.25) is 4.79 Å². The average molecular weight is 304 g/mol. The largest absolute Gasteiger partial charge is 0.378 e. The molecule has 3 heterocycles. The number of hydrogen-bond acceptors (Lipinski definition) is 5. The van der Waals surface area contributed by atoms with E-state index in [1.54, 1.807) is 0 Å². The van der Waals surface area contributed by atoms with Crippen molar-refractivity contribution in [3.05, 3.63) is 18.3 Å². The number of nitrogens with one attached hydrogen (secondary N) is 2. The molecule has 1 aromatic heterocycles. The van der Waals surface area contributed by atoms with Gasteiger partial charge in [-0.2, -0.15) is 0 Å². The maximum Gasteiger partial charge on any atom is 0.225 e. The van der Waals surface area contributed by atoms with E-state index < -0.39 is 0 Å². The van der Waals surface area contributed by atoms with E-state index in [2.05, 4.69) is 20.5 Å². The maximum atomic E-state index is 12.0. The molecular formula is C16H24N4O2. The lowest BCUT2D eigenvalue weighted by Gasteiger charge is -2.28. The number of amides is 1. The second-order valence-electron chi connectivity index (χ2n) is 5.95. The standard InChI is InChI=1S/C16H24N4O2/c21-16(4-1-13-5-6-17-11-13)19-15-3-2-14(12-18-15)20-7-9-22-10-8-20/h2-3,12-13,17H,1,4-11H2,(H,18,19,21). The molecule has 1 amide bonds. The molecule has 2 N–H and O–H groups in total. The van der Waals surface area contributed by atoms with E-state index in [0.717, 1.165) is 51.5 Å². The number of carbonyl (C=O) groups is 1. The van der Waals surface area contributed by atoms with Crippen molar-refractivity contribution < 1.29 is 9.53 Å². The Morgan fingerprint density at radius 3 is 2.95 bits per heavy atom. The van der Waals surface area contributed by atoms with Crippen molar-refractivity contribution >= 4 is 17.4 Å². The van der Waals surface area contributed by atoms with Gasteiger partial charge < -0.3 is 20.3 Å². The molecule has 120 valence electrons. The first-order valence-corrected chi connectivity index (χ1v) is 8.10. The number of rotatable bonds is 5. The zero-order valence-corrected chi connectivity index (χ0v) is 12.9. The van der Waals surface area contributed by atoms with Crippen LogP contribution in [-0.4, -0.2) is 50.3 Å². The molecule has 0 saturated carbocycles. The summed E-state index contributed by atoms with van der Waals surface area (Å²) in [6, 6.07) is 3.88. The van der Waals surface area contributed by atoms with Gasteiger partial charge in [-0.05, 0) is 44.0 Å². The van der Waals surface area contributed by atoms with Crippen LogP contribution < -0.4 is 15.5 Å². The first kappa shape index (κ1) is 15.2. The predicted molar refractivity (Wildman–Crippen MR) is 86.1 cm³/mol. The van der Waals surface area contributed by atoms with Gasteiger partial charge in [0.05, 0.1) is 25.1 Å². The number of aromatic nitrogens is 1. The summed E-state index contributed by atoms with van der Waals surface area (Å²) in [5, 5.41) is 6.21. The van der Waals surface area contributed by atoms with E-state index in [4.69, 9.17) is 4.74 Å². The van der Waals surface area contributed by atoms with E-state index in [0.29, 0.717) is 18.2 Å². The average Bonchev–Trinajstić information content (AvgIpc) is 3.08. The zero-order chi connectivity index (χ0) is 15.2. The second-order valence-corrected chi connectivity index (χ2v) is 5.95. The molecule has 6 nitrogen and oxygen atoms in total. The molecule has 3 rings (SSSR count). The third-order valence-corrected chi connectivity index (χ3v) is 4.33. The number of hydrogen-bond donors (Lipinski definition) is 2. The Labute approximate surface area is 131 Å². The van der Waals surface area contributed by atoms with Crippen molar-refractivity contribution in [3.8, 4) is 0 Å². The van der Waals surface area contributed by atoms with Crippen LogP contribution in [-0.2, 0) is 9.53 Å². The van der Waals surface area contributed by atoms with Gasteiger partial charge in [0.15, 0.2) is 0 Å². The van der Waals surface area contributed by atoms with Gasteiger partial charge >= 0.3 is 0 Å². The highest BCUT2D eigenvalue weighted by Gasteiger charge is 2.16. The Morgan fingerprint density at radius 1 is 1.41 bits per heavy atom. The Morgan fingerprint density at radius 2 is 2.27 bits per heavy atom. The molecule has 22 heavy (non-hydrogen) atoms. The Balaban J connectivity index is 1.46. The van der Waals surface area contributed by atoms with Crippen molar-refractivity contribution in [3.63, 3.8) is 0 Å². The monoisotopic (exact) mass is 304 g/mol. The minimum atomic E-state index is 0.0542. The van der Waals surface area contributed by atoms with Crippen molar-refractivity contribution in [2.45, 2.75) is 19.3 Å². The lowest BCUT2D eigenvalue weighted by atomic mass is 10.0. The summed E-state index contributed by atoms with van der Waals surface area (Å²) in [7, 11) is 0. The van der Waals surface area contributed by atoms with Crippen molar-refractivity contribution in [2.75, 3.05) is 49.6 Å². The minimum absolute atomic E-state index is 0.0542. The summed E-state index contributed by atoms with van der Waals surface area (Å²) in [5.41, 5.74) is 1.08. The van der Waals surface area contributed by atoms with Gasteiger partial charge in [0.2, 0.25) is 5.91 Å². The van der Waals surface area contributed by atoms with Crippen LogP contribution in [0.1, 0.15) is 19.3 Å². The zero-order valence-electron chi connectivity index (χ0n) is 12.9. The second kappa shape index (κ2) is 7.56. The van der Waals surface area contributed by atoms with E-state index in [9.17, 15) is 4.79 Å². The van der Waals surface area contributed by atoms with E-state index in [1.165, 1.54) is 6.42 Å². The summed E-state index contributed by atoms with van der Waals surface area (Å²) in [6.45, 7) is 5.42. The molecule has 0 bridgehead atoms. The van der Waals surface area contributed by atoms with Gasteiger partial charge in [-0.25, -0.2) is 4.98 Å². The van der Waals surface area contributed by atoms with Crippen molar-refractivity contribution in [1.29, 1.82) is 0 Å². The highest BCUT2D eigenvalue weighted by atomic mass is 16.5. The number of ether oxygens (including phenoxy) is 1. The molecular weight excluding hydrogens is 280 g/mol. The minimum Gasteiger partial charge on any atom is -0.378 e. The third kappa shape index (κ3) is 4.18. The normalized spacial score (nSPS) is 21.8. The van der Waals surface area contributed by atoms with Crippen LogP contribution in [0, 0.1) is 5.92 Å². The number of anilines is 2. The lowest BCUT2D eigenvalue weighted by Crippen LogP contribution is -2.36. The van der Waals surface area contributed by atoms with E-state index in [1.807, 2.05) is 18.3 Å². The Hall–Kier alpha value is -1.66. The molecule has 2 aliphatic rings. The molecule has 0 radical (unpaired) electrons. The molecule has 2 aliphatic heterocycles. The summed E-state index contributed by atoms with van der Waals surface area (Å²) in [4.78, 5) is 18.5. The first-order chi connectivity index (χ1) is 10.8. The van der Waals surface area contributed by atoms with Crippen LogP contribution in [0.15, 0.2) is 18.3 Å². The fourth-order valence-corrected chi connectivity index (χ4v) is 2.97. The van der Waals surface area contributed by atoms with Crippen LogP contribution in [0.25, 0.3) is 0 Å². The number of pyridine rings is 1. The highest BCUT2D eigenvalue weighted by Crippen LogP contribution is 2.18. The highest BCUT2D eigenvalue weighted by molar-refractivity contribution is 5.89. The summed E-state index contributed by atoms with van der Waals surface area (Å²) >= 11 is 0. The molecule has 0 spiro atoms. The molecule has 2 fully saturated rings. The molecule has 6 heteroatoms. The summed E-state index contributed by atoms with van der Waals surface area (Å²) < 4.78 is 5.34. The summed E-state index contributed by atoms with van der Waals surface area (Å²) in [5.74, 6) is 1.33. The quantitative estimate of drug-likeness (QED) is 0.857.